The van der Waals surface area contributed by atoms with E-state index in [1.54, 1.807) is 4.90 Å². The van der Waals surface area contributed by atoms with Gasteiger partial charge in [-0.1, -0.05) is 31.5 Å². The minimum Gasteiger partial charge on any atom is -0.306 e. The number of hydrogen-bond acceptors (Lipinski definition) is 3. The molecule has 0 bridgehead atoms. The number of amides is 1. The number of anilines is 1. The van der Waals surface area contributed by atoms with Crippen LogP contribution in [0.25, 0.3) is 0 Å². The Balaban J connectivity index is 2.07. The first kappa shape index (κ1) is 14.8. The zero-order valence-corrected chi connectivity index (χ0v) is 13.4. The van der Waals surface area contributed by atoms with Gasteiger partial charge in [0.2, 0.25) is 0 Å². The third-order valence-electron chi connectivity index (χ3n) is 3.94. The zero-order chi connectivity index (χ0) is 16.1. The van der Waals surface area contributed by atoms with Gasteiger partial charge in [0.05, 0.1) is 0 Å². The molecule has 0 fully saturated rings. The molecule has 1 aliphatic heterocycles. The number of aryl methyl sites for hydroxylation is 1. The average molecular weight is 318 g/mol. The topological polar surface area (TPSA) is 55.2 Å². The zero-order valence-electron chi connectivity index (χ0n) is 12.6. The number of nitrogens with zero attached hydrogens (tertiary/aromatic N) is 3. The second kappa shape index (κ2) is 4.95. The predicted octanol–water partition coefficient (Wildman–Crippen LogP) is 2.37. The first-order chi connectivity index (χ1) is 10.3. The summed E-state index contributed by atoms with van der Waals surface area (Å²) >= 11 is 6.32. The van der Waals surface area contributed by atoms with Gasteiger partial charge < -0.3 is 4.90 Å². The molecule has 2 aromatic rings. The molecule has 1 aromatic carbocycles. The largest absolute Gasteiger partial charge is 0.306 e. The van der Waals surface area contributed by atoms with E-state index in [9.17, 15) is 9.59 Å². The lowest BCUT2D eigenvalue weighted by Gasteiger charge is -2.20. The number of carbonyl (C=O) groups excluding carboxylic acids is 1. The number of aromatic nitrogens is 2. The van der Waals surface area contributed by atoms with Gasteiger partial charge in [-0.15, -0.1) is 0 Å². The van der Waals surface area contributed by atoms with Crippen molar-refractivity contribution in [1.29, 1.82) is 0 Å². The lowest BCUT2D eigenvalue weighted by Crippen LogP contribution is -2.35. The molecule has 22 heavy (non-hydrogen) atoms. The summed E-state index contributed by atoms with van der Waals surface area (Å²) in [6.45, 7) is 4.63. The van der Waals surface area contributed by atoms with Crippen LogP contribution in [0.15, 0.2) is 35.1 Å². The summed E-state index contributed by atoms with van der Waals surface area (Å²) in [5, 5.41) is 4.70. The van der Waals surface area contributed by atoms with E-state index in [-0.39, 0.29) is 22.6 Å². The van der Waals surface area contributed by atoms with Crippen molar-refractivity contribution >= 4 is 23.2 Å². The number of carbonyl (C=O) groups is 1. The maximum atomic E-state index is 12.8. The normalized spacial score (nSPS) is 15.7. The molecule has 114 valence electrons. The van der Waals surface area contributed by atoms with Gasteiger partial charge in [-0.25, -0.2) is 4.68 Å². The van der Waals surface area contributed by atoms with E-state index in [4.69, 9.17) is 11.6 Å². The predicted molar refractivity (Wildman–Crippen MR) is 85.6 cm³/mol. The van der Waals surface area contributed by atoms with E-state index in [0.29, 0.717) is 11.6 Å². The minimum absolute atomic E-state index is 0.232. The van der Waals surface area contributed by atoms with Crippen LogP contribution in [0.4, 0.5) is 5.69 Å². The van der Waals surface area contributed by atoms with Crippen LogP contribution in [-0.2, 0) is 12.5 Å². The van der Waals surface area contributed by atoms with E-state index < -0.39 is 0 Å². The summed E-state index contributed by atoms with van der Waals surface area (Å²) in [5.41, 5.74) is 1.53. The van der Waals surface area contributed by atoms with Crippen molar-refractivity contribution in [2.24, 2.45) is 7.05 Å². The monoisotopic (exact) mass is 317 g/mol. The molecule has 0 aliphatic carbocycles. The van der Waals surface area contributed by atoms with E-state index in [0.717, 1.165) is 15.9 Å². The second-order valence-corrected chi connectivity index (χ2v) is 6.50. The maximum Gasteiger partial charge on any atom is 0.278 e. The molecule has 1 aromatic heterocycles. The summed E-state index contributed by atoms with van der Waals surface area (Å²) < 4.78 is 1.16. The van der Waals surface area contributed by atoms with Crippen LogP contribution in [0, 0.1) is 0 Å². The van der Waals surface area contributed by atoms with Crippen LogP contribution in [0.1, 0.15) is 29.9 Å². The molecule has 0 saturated carbocycles. The Bertz CT molecular complexity index is 826. The number of hydrogen-bond donors (Lipinski definition) is 0. The Morgan fingerprint density at radius 2 is 2.00 bits per heavy atom. The van der Waals surface area contributed by atoms with Gasteiger partial charge >= 0.3 is 0 Å². The van der Waals surface area contributed by atoms with Crippen LogP contribution in [0.3, 0.4) is 0 Å². The molecule has 6 heteroatoms. The Morgan fingerprint density at radius 1 is 1.27 bits per heavy atom. The van der Waals surface area contributed by atoms with Crippen LogP contribution in [0.5, 0.6) is 0 Å². The molecule has 0 N–H and O–H groups in total. The number of halogens is 1. The Kier molecular flexibility index (Phi) is 3.33. The molecule has 0 saturated heterocycles. The first-order valence-corrected chi connectivity index (χ1v) is 7.34. The lowest BCUT2D eigenvalue weighted by molar-refractivity contribution is 0.0979. The van der Waals surface area contributed by atoms with Crippen molar-refractivity contribution in [2.75, 3.05) is 11.4 Å². The molecule has 0 unspecified atom stereocenters. The van der Waals surface area contributed by atoms with Gasteiger partial charge in [0.25, 0.3) is 11.5 Å². The fourth-order valence-corrected chi connectivity index (χ4v) is 3.33. The molecule has 2 heterocycles. The maximum absolute atomic E-state index is 12.8. The average Bonchev–Trinajstić information content (AvgIpc) is 2.74. The van der Waals surface area contributed by atoms with E-state index in [1.807, 2.05) is 18.2 Å². The first-order valence-electron chi connectivity index (χ1n) is 6.96. The van der Waals surface area contributed by atoms with Crippen molar-refractivity contribution < 1.29 is 4.79 Å². The number of rotatable bonds is 1. The third kappa shape index (κ3) is 2.22. The molecular weight excluding hydrogens is 302 g/mol. The van der Waals surface area contributed by atoms with Crippen molar-refractivity contribution in [2.45, 2.75) is 19.3 Å². The van der Waals surface area contributed by atoms with Crippen LogP contribution in [-0.4, -0.2) is 22.2 Å². The molecule has 1 aliphatic rings. The SMILES string of the molecule is Cn1nc(C(=O)N2CC(C)(C)c3c(Cl)cccc32)ccc1=O. The summed E-state index contributed by atoms with van der Waals surface area (Å²) in [7, 11) is 1.53. The Labute approximate surface area is 133 Å². The standard InChI is InChI=1S/C16H16ClN3O2/c1-16(2)9-20(12-6-4-5-10(17)14(12)16)15(22)11-7-8-13(21)19(3)18-11/h4-8H,9H2,1-3H3. The van der Waals surface area contributed by atoms with Gasteiger partial charge in [-0.05, 0) is 18.2 Å². The highest BCUT2D eigenvalue weighted by atomic mass is 35.5. The Hall–Kier alpha value is -2.14. The highest BCUT2D eigenvalue weighted by Gasteiger charge is 2.40. The summed E-state index contributed by atoms with van der Waals surface area (Å²) in [6, 6.07) is 8.36. The third-order valence-corrected chi connectivity index (χ3v) is 4.25. The van der Waals surface area contributed by atoms with E-state index >= 15 is 0 Å². The highest BCUT2D eigenvalue weighted by Crippen LogP contribution is 2.44. The molecule has 0 spiro atoms. The van der Waals surface area contributed by atoms with Crippen molar-refractivity contribution in [3.05, 3.63) is 57.0 Å². The van der Waals surface area contributed by atoms with Gasteiger partial charge in [-0.3, -0.25) is 9.59 Å². The molecule has 1 amide bonds. The lowest BCUT2D eigenvalue weighted by atomic mass is 9.87. The number of benzene rings is 1. The molecule has 3 rings (SSSR count). The number of fused-ring (bicyclic) bond motifs is 1. The Morgan fingerprint density at radius 3 is 2.68 bits per heavy atom. The van der Waals surface area contributed by atoms with Crippen molar-refractivity contribution in [3.8, 4) is 0 Å². The highest BCUT2D eigenvalue weighted by molar-refractivity contribution is 6.32. The van der Waals surface area contributed by atoms with Crippen molar-refractivity contribution in [1.82, 2.24) is 9.78 Å². The van der Waals surface area contributed by atoms with Gasteiger partial charge in [-0.2, -0.15) is 5.10 Å². The fraction of sp³-hybridized carbons (Fsp3) is 0.312. The summed E-state index contributed by atoms with van der Waals surface area (Å²) in [4.78, 5) is 25.9. The van der Waals surface area contributed by atoms with E-state index in [1.165, 1.54) is 19.2 Å². The summed E-state index contributed by atoms with van der Waals surface area (Å²) in [6.07, 6.45) is 0. The second-order valence-electron chi connectivity index (χ2n) is 6.09. The van der Waals surface area contributed by atoms with Gasteiger partial charge in [0.15, 0.2) is 0 Å². The van der Waals surface area contributed by atoms with Crippen LogP contribution in [0.2, 0.25) is 5.02 Å². The van der Waals surface area contributed by atoms with Gasteiger partial charge in [0, 0.05) is 41.3 Å². The molecular formula is C16H16ClN3O2. The molecule has 5 nitrogen and oxygen atoms in total. The fourth-order valence-electron chi connectivity index (χ4n) is 2.90. The van der Waals surface area contributed by atoms with Gasteiger partial charge in [0.1, 0.15) is 5.69 Å². The molecule has 0 radical (unpaired) electrons. The molecule has 0 atom stereocenters. The smallest absolute Gasteiger partial charge is 0.278 e. The van der Waals surface area contributed by atoms with Crippen LogP contribution < -0.4 is 10.5 Å². The minimum atomic E-state index is -0.248. The van der Waals surface area contributed by atoms with Crippen molar-refractivity contribution in [3.63, 3.8) is 0 Å². The van der Waals surface area contributed by atoms with Crippen LogP contribution >= 0.6 is 11.6 Å². The summed E-state index contributed by atoms with van der Waals surface area (Å²) in [5.74, 6) is -0.232. The quantitative estimate of drug-likeness (QED) is 0.811. The van der Waals surface area contributed by atoms with E-state index in [2.05, 4.69) is 18.9 Å².